The van der Waals surface area contributed by atoms with Gasteiger partial charge in [0, 0.05) is 41.0 Å². The molecule has 0 radical (unpaired) electrons. The third-order valence-electron chi connectivity index (χ3n) is 3.71. The van der Waals surface area contributed by atoms with Crippen molar-refractivity contribution < 1.29 is 17.6 Å². The first-order valence-electron chi connectivity index (χ1n) is 7.37. The molecule has 0 aliphatic rings. The Balaban J connectivity index is 2.05. The standard InChI is InChI=1S/C16H14FIN4O3S/c1-22(2)26(24,25)21-13-5-3-4-10(14(13)17)15(23)12-8-20-16-11(12)6-9(18)7-19-16/h3-8,21H,1-2H3,(H,19,20). The molecule has 7 nitrogen and oxygen atoms in total. The Morgan fingerprint density at radius 2 is 2.04 bits per heavy atom. The molecule has 0 aliphatic heterocycles. The highest BCUT2D eigenvalue weighted by Crippen LogP contribution is 2.26. The number of fused-ring (bicyclic) bond motifs is 1. The maximum atomic E-state index is 14.8. The average Bonchev–Trinajstić information content (AvgIpc) is 2.99. The smallest absolute Gasteiger partial charge is 0.301 e. The van der Waals surface area contributed by atoms with Crippen molar-refractivity contribution in [3.05, 3.63) is 57.2 Å². The monoisotopic (exact) mass is 488 g/mol. The Hall–Kier alpha value is -2.05. The number of carbonyl (C=O) groups is 1. The predicted molar refractivity (Wildman–Crippen MR) is 105 cm³/mol. The van der Waals surface area contributed by atoms with Crippen molar-refractivity contribution in [2.45, 2.75) is 0 Å². The summed E-state index contributed by atoms with van der Waals surface area (Å²) in [5.41, 5.74) is 0.247. The van der Waals surface area contributed by atoms with Crippen LogP contribution in [0.25, 0.3) is 11.0 Å². The SMILES string of the molecule is CN(C)S(=O)(=O)Nc1cccc(C(=O)c2c[nH]c3ncc(I)cc23)c1F. The van der Waals surface area contributed by atoms with Crippen LogP contribution in [0.2, 0.25) is 0 Å². The summed E-state index contributed by atoms with van der Waals surface area (Å²) in [5, 5.41) is 0.570. The van der Waals surface area contributed by atoms with E-state index < -0.39 is 21.8 Å². The molecule has 0 saturated heterocycles. The Bertz CT molecular complexity index is 1110. The van der Waals surface area contributed by atoms with Crippen molar-refractivity contribution in [2.75, 3.05) is 18.8 Å². The number of hydrogen-bond acceptors (Lipinski definition) is 4. The van der Waals surface area contributed by atoms with Crippen molar-refractivity contribution in [1.29, 1.82) is 0 Å². The van der Waals surface area contributed by atoms with Gasteiger partial charge in [-0.2, -0.15) is 12.7 Å². The van der Waals surface area contributed by atoms with Crippen molar-refractivity contribution in [3.63, 3.8) is 0 Å². The summed E-state index contributed by atoms with van der Waals surface area (Å²) in [5.74, 6) is -1.50. The molecule has 2 N–H and O–H groups in total. The van der Waals surface area contributed by atoms with Crippen molar-refractivity contribution in [1.82, 2.24) is 14.3 Å². The number of aromatic nitrogens is 2. The molecule has 3 aromatic rings. The van der Waals surface area contributed by atoms with Gasteiger partial charge in [-0.3, -0.25) is 9.52 Å². The molecule has 2 heterocycles. The molecular formula is C16H14FIN4O3S. The number of H-pyrrole nitrogens is 1. The highest BCUT2D eigenvalue weighted by atomic mass is 127. The number of aromatic amines is 1. The quantitative estimate of drug-likeness (QED) is 0.427. The van der Waals surface area contributed by atoms with Gasteiger partial charge in [0.1, 0.15) is 5.65 Å². The third-order valence-corrected chi connectivity index (χ3v) is 5.73. The van der Waals surface area contributed by atoms with E-state index >= 15 is 0 Å². The molecule has 0 bridgehead atoms. The van der Waals surface area contributed by atoms with Gasteiger partial charge >= 0.3 is 10.2 Å². The molecule has 26 heavy (non-hydrogen) atoms. The normalized spacial score (nSPS) is 11.9. The van der Waals surface area contributed by atoms with E-state index in [4.69, 9.17) is 0 Å². The summed E-state index contributed by atoms with van der Waals surface area (Å²) in [6.07, 6.45) is 3.11. The summed E-state index contributed by atoms with van der Waals surface area (Å²) < 4.78 is 42.5. The number of benzene rings is 1. The van der Waals surface area contributed by atoms with E-state index in [9.17, 15) is 17.6 Å². The van der Waals surface area contributed by atoms with Crippen LogP contribution in [0.15, 0.2) is 36.7 Å². The van der Waals surface area contributed by atoms with Crippen LogP contribution in [-0.4, -0.2) is 42.6 Å². The molecule has 2 aromatic heterocycles. The number of pyridine rings is 1. The van der Waals surface area contributed by atoms with Gasteiger partial charge in [-0.1, -0.05) is 6.07 Å². The average molecular weight is 488 g/mol. The van der Waals surface area contributed by atoms with Crippen LogP contribution in [0.4, 0.5) is 10.1 Å². The number of rotatable bonds is 5. The Morgan fingerprint density at radius 3 is 2.73 bits per heavy atom. The van der Waals surface area contributed by atoms with E-state index in [1.165, 1.54) is 38.5 Å². The van der Waals surface area contributed by atoms with Gasteiger partial charge in [-0.05, 0) is 40.8 Å². The molecule has 1 aromatic carbocycles. The fraction of sp³-hybridized carbons (Fsp3) is 0.125. The Kier molecular flexibility index (Phi) is 4.99. The van der Waals surface area contributed by atoms with Crippen molar-refractivity contribution in [2.24, 2.45) is 0 Å². The van der Waals surface area contributed by atoms with Crippen LogP contribution in [0, 0.1) is 9.39 Å². The van der Waals surface area contributed by atoms with Crippen LogP contribution in [0.5, 0.6) is 0 Å². The van der Waals surface area contributed by atoms with Gasteiger partial charge in [0.2, 0.25) is 0 Å². The largest absolute Gasteiger partial charge is 0.345 e. The van der Waals surface area contributed by atoms with E-state index in [0.717, 1.165) is 7.88 Å². The summed E-state index contributed by atoms with van der Waals surface area (Å²) in [6, 6.07) is 5.75. The van der Waals surface area contributed by atoms with E-state index in [-0.39, 0.29) is 16.8 Å². The zero-order chi connectivity index (χ0) is 19.1. The molecule has 0 unspecified atom stereocenters. The zero-order valence-electron chi connectivity index (χ0n) is 13.7. The number of halogens is 2. The lowest BCUT2D eigenvalue weighted by Gasteiger charge is -2.14. The summed E-state index contributed by atoms with van der Waals surface area (Å²) in [7, 11) is -1.26. The highest BCUT2D eigenvalue weighted by Gasteiger charge is 2.22. The van der Waals surface area contributed by atoms with Crippen LogP contribution < -0.4 is 4.72 Å². The van der Waals surface area contributed by atoms with Gasteiger partial charge in [-0.25, -0.2) is 9.37 Å². The topological polar surface area (TPSA) is 95.2 Å². The lowest BCUT2D eigenvalue weighted by molar-refractivity contribution is 0.103. The first-order chi connectivity index (χ1) is 12.2. The van der Waals surface area contributed by atoms with Crippen LogP contribution in [0.1, 0.15) is 15.9 Å². The maximum Gasteiger partial charge on any atom is 0.301 e. The van der Waals surface area contributed by atoms with E-state index in [2.05, 4.69) is 37.3 Å². The van der Waals surface area contributed by atoms with E-state index in [1.54, 1.807) is 12.3 Å². The third kappa shape index (κ3) is 3.44. The predicted octanol–water partition coefficient (Wildman–Crippen LogP) is 2.76. The molecule has 0 saturated carbocycles. The van der Waals surface area contributed by atoms with Crippen molar-refractivity contribution >= 4 is 55.3 Å². The van der Waals surface area contributed by atoms with Crippen molar-refractivity contribution in [3.8, 4) is 0 Å². The highest BCUT2D eigenvalue weighted by molar-refractivity contribution is 14.1. The van der Waals surface area contributed by atoms with Gasteiger partial charge in [0.05, 0.1) is 11.3 Å². The number of ketones is 1. The molecule has 0 aliphatic carbocycles. The number of nitrogens with zero attached hydrogens (tertiary/aromatic N) is 2. The first kappa shape index (κ1) is 18.7. The Labute approximate surface area is 162 Å². The lowest BCUT2D eigenvalue weighted by atomic mass is 10.0. The molecule has 10 heteroatoms. The summed E-state index contributed by atoms with van der Waals surface area (Å²) >= 11 is 2.07. The number of carbonyl (C=O) groups excluding carboxylic acids is 1. The van der Waals surface area contributed by atoms with Crippen LogP contribution in [-0.2, 0) is 10.2 Å². The first-order valence-corrected chi connectivity index (χ1v) is 9.88. The Morgan fingerprint density at radius 1 is 1.31 bits per heavy atom. The zero-order valence-corrected chi connectivity index (χ0v) is 16.7. The maximum absolute atomic E-state index is 14.8. The number of anilines is 1. The van der Waals surface area contributed by atoms with Crippen LogP contribution >= 0.6 is 22.6 Å². The second-order valence-corrected chi connectivity index (χ2v) is 8.77. The molecule has 0 atom stereocenters. The minimum atomic E-state index is -3.90. The molecular weight excluding hydrogens is 474 g/mol. The van der Waals surface area contributed by atoms with Gasteiger partial charge in [0.25, 0.3) is 0 Å². The van der Waals surface area contributed by atoms with E-state index in [0.29, 0.717) is 11.0 Å². The second-order valence-electron chi connectivity index (χ2n) is 5.64. The molecule has 0 fully saturated rings. The molecule has 0 amide bonds. The fourth-order valence-electron chi connectivity index (χ4n) is 2.33. The minimum absolute atomic E-state index is 0.233. The number of nitrogens with one attached hydrogen (secondary N) is 2. The lowest BCUT2D eigenvalue weighted by Crippen LogP contribution is -2.29. The van der Waals surface area contributed by atoms with Gasteiger partial charge in [-0.15, -0.1) is 0 Å². The van der Waals surface area contributed by atoms with Crippen LogP contribution in [0.3, 0.4) is 0 Å². The summed E-state index contributed by atoms with van der Waals surface area (Å²) in [4.78, 5) is 19.9. The van der Waals surface area contributed by atoms with Gasteiger partial charge < -0.3 is 4.98 Å². The second kappa shape index (κ2) is 6.93. The molecule has 3 rings (SSSR count). The minimum Gasteiger partial charge on any atom is -0.345 e. The fourth-order valence-corrected chi connectivity index (χ4v) is 3.40. The molecule has 136 valence electrons. The van der Waals surface area contributed by atoms with E-state index in [1.807, 2.05) is 0 Å². The summed E-state index contributed by atoms with van der Waals surface area (Å²) in [6.45, 7) is 0. The number of hydrogen-bond donors (Lipinski definition) is 2. The molecule has 0 spiro atoms. The van der Waals surface area contributed by atoms with Gasteiger partial charge in [0.15, 0.2) is 11.6 Å².